The van der Waals surface area contributed by atoms with Crippen LogP contribution in [0.4, 0.5) is 11.8 Å². The van der Waals surface area contributed by atoms with Crippen LogP contribution < -0.4 is 21.7 Å². The van der Waals surface area contributed by atoms with Crippen molar-refractivity contribution in [2.75, 3.05) is 17.7 Å². The zero-order valence-corrected chi connectivity index (χ0v) is 15.3. The van der Waals surface area contributed by atoms with Crippen LogP contribution in [0.3, 0.4) is 0 Å². The molecule has 2 amide bonds. The van der Waals surface area contributed by atoms with Crippen molar-refractivity contribution >= 4 is 23.6 Å². The highest BCUT2D eigenvalue weighted by Gasteiger charge is 2.27. The molecule has 142 valence electrons. The molecule has 0 bridgehead atoms. The lowest BCUT2D eigenvalue weighted by molar-refractivity contribution is -0.125. The van der Waals surface area contributed by atoms with E-state index in [2.05, 4.69) is 25.9 Å². The molecule has 5 N–H and O–H groups in total. The molecular weight excluding hydrogens is 332 g/mol. The van der Waals surface area contributed by atoms with Gasteiger partial charge in [0.25, 0.3) is 5.91 Å². The first-order valence-electron chi connectivity index (χ1n) is 9.48. The first-order chi connectivity index (χ1) is 12.6. The van der Waals surface area contributed by atoms with Gasteiger partial charge in [-0.3, -0.25) is 9.59 Å². The molecule has 2 saturated carbocycles. The molecule has 2 fully saturated rings. The van der Waals surface area contributed by atoms with Crippen molar-refractivity contribution in [1.82, 2.24) is 15.3 Å². The fourth-order valence-corrected chi connectivity index (χ4v) is 3.89. The topological polar surface area (TPSA) is 122 Å². The predicted octanol–water partition coefficient (Wildman–Crippen LogP) is 1.65. The minimum Gasteiger partial charge on any atom is -0.367 e. The van der Waals surface area contributed by atoms with Gasteiger partial charge >= 0.3 is 0 Å². The zero-order chi connectivity index (χ0) is 18.5. The van der Waals surface area contributed by atoms with Gasteiger partial charge in [-0.05, 0) is 38.5 Å². The number of nitrogens with two attached hydrogens (primary N) is 1. The Kier molecular flexibility index (Phi) is 5.90. The van der Waals surface area contributed by atoms with Crippen LogP contribution in [0, 0.1) is 5.92 Å². The Morgan fingerprint density at radius 1 is 1.04 bits per heavy atom. The third-order valence-electron chi connectivity index (χ3n) is 5.43. The number of amides is 2. The van der Waals surface area contributed by atoms with Gasteiger partial charge in [0.15, 0.2) is 0 Å². The van der Waals surface area contributed by atoms with E-state index in [4.69, 9.17) is 5.73 Å². The Morgan fingerprint density at radius 3 is 2.31 bits per heavy atom. The smallest absolute Gasteiger partial charge is 0.254 e. The van der Waals surface area contributed by atoms with Crippen LogP contribution in [0.15, 0.2) is 6.20 Å². The molecule has 0 unspecified atom stereocenters. The highest BCUT2D eigenvalue weighted by atomic mass is 16.2. The second-order valence-corrected chi connectivity index (χ2v) is 7.25. The number of carbonyl (C=O) groups is 2. The Labute approximate surface area is 153 Å². The minimum atomic E-state index is -0.543. The van der Waals surface area contributed by atoms with Gasteiger partial charge < -0.3 is 21.7 Å². The number of hydrogen-bond donors (Lipinski definition) is 4. The Morgan fingerprint density at radius 2 is 1.69 bits per heavy atom. The zero-order valence-electron chi connectivity index (χ0n) is 15.3. The molecule has 3 rings (SSSR count). The van der Waals surface area contributed by atoms with Gasteiger partial charge in [-0.25, -0.2) is 4.98 Å². The highest BCUT2D eigenvalue weighted by Crippen LogP contribution is 2.28. The maximum absolute atomic E-state index is 11.8. The molecule has 0 atom stereocenters. The average Bonchev–Trinajstić information content (AvgIpc) is 3.14. The molecule has 0 saturated heterocycles. The summed E-state index contributed by atoms with van der Waals surface area (Å²) in [5.74, 6) is 0.642. The van der Waals surface area contributed by atoms with Crippen LogP contribution in [-0.4, -0.2) is 40.9 Å². The van der Waals surface area contributed by atoms with E-state index >= 15 is 0 Å². The van der Waals surface area contributed by atoms with Crippen LogP contribution in [-0.2, 0) is 4.79 Å². The summed E-state index contributed by atoms with van der Waals surface area (Å²) >= 11 is 0. The van der Waals surface area contributed by atoms with Crippen molar-refractivity contribution in [3.8, 4) is 0 Å². The fourth-order valence-electron chi connectivity index (χ4n) is 3.89. The van der Waals surface area contributed by atoms with Gasteiger partial charge in [0.1, 0.15) is 5.82 Å². The van der Waals surface area contributed by atoms with Crippen LogP contribution in [0.5, 0.6) is 0 Å². The minimum absolute atomic E-state index is 0.0682. The summed E-state index contributed by atoms with van der Waals surface area (Å²) in [5, 5.41) is 9.41. The Balaban J connectivity index is 1.67. The SMILES string of the molecule is CNC(=O)C1CCC(Nc2nc(NC3CCCC3)ncc2C(N)=O)CC1. The number of primary amides is 1. The molecule has 8 heteroatoms. The van der Waals surface area contributed by atoms with E-state index < -0.39 is 5.91 Å². The monoisotopic (exact) mass is 360 g/mol. The van der Waals surface area contributed by atoms with Crippen molar-refractivity contribution in [3.05, 3.63) is 11.8 Å². The molecule has 8 nitrogen and oxygen atoms in total. The maximum Gasteiger partial charge on any atom is 0.254 e. The number of aromatic nitrogens is 2. The summed E-state index contributed by atoms with van der Waals surface area (Å²) in [6.07, 6.45) is 9.51. The predicted molar refractivity (Wildman–Crippen MR) is 99.9 cm³/mol. The van der Waals surface area contributed by atoms with E-state index in [0.29, 0.717) is 23.4 Å². The third kappa shape index (κ3) is 4.42. The molecule has 26 heavy (non-hydrogen) atoms. The van der Waals surface area contributed by atoms with Crippen molar-refractivity contribution in [1.29, 1.82) is 0 Å². The summed E-state index contributed by atoms with van der Waals surface area (Å²) in [6.45, 7) is 0. The third-order valence-corrected chi connectivity index (χ3v) is 5.43. The Hall–Kier alpha value is -2.38. The van der Waals surface area contributed by atoms with E-state index in [9.17, 15) is 9.59 Å². The van der Waals surface area contributed by atoms with Gasteiger partial charge in [0.2, 0.25) is 11.9 Å². The summed E-state index contributed by atoms with van der Waals surface area (Å²) in [4.78, 5) is 32.2. The summed E-state index contributed by atoms with van der Waals surface area (Å²) in [5.41, 5.74) is 5.78. The van der Waals surface area contributed by atoms with Crippen LogP contribution >= 0.6 is 0 Å². The molecule has 2 aliphatic rings. The second-order valence-electron chi connectivity index (χ2n) is 7.25. The molecule has 1 aromatic rings. The van der Waals surface area contributed by atoms with Gasteiger partial charge in [0.05, 0.1) is 5.56 Å². The lowest BCUT2D eigenvalue weighted by Gasteiger charge is -2.29. The molecule has 1 heterocycles. The molecule has 2 aliphatic carbocycles. The van der Waals surface area contributed by atoms with Crippen LogP contribution in [0.2, 0.25) is 0 Å². The largest absolute Gasteiger partial charge is 0.367 e. The van der Waals surface area contributed by atoms with Gasteiger partial charge in [-0.2, -0.15) is 4.98 Å². The van der Waals surface area contributed by atoms with Crippen molar-refractivity contribution in [2.24, 2.45) is 11.7 Å². The van der Waals surface area contributed by atoms with E-state index in [1.54, 1.807) is 7.05 Å². The first kappa shape index (κ1) is 18.4. The second kappa shape index (κ2) is 8.33. The number of hydrogen-bond acceptors (Lipinski definition) is 6. The van der Waals surface area contributed by atoms with Crippen molar-refractivity contribution in [2.45, 2.75) is 63.5 Å². The van der Waals surface area contributed by atoms with E-state index in [0.717, 1.165) is 38.5 Å². The average molecular weight is 360 g/mol. The van der Waals surface area contributed by atoms with Crippen LogP contribution in [0.25, 0.3) is 0 Å². The number of carbonyl (C=O) groups excluding carboxylic acids is 2. The summed E-state index contributed by atoms with van der Waals surface area (Å²) in [6, 6.07) is 0.563. The summed E-state index contributed by atoms with van der Waals surface area (Å²) in [7, 11) is 1.67. The van der Waals surface area contributed by atoms with Crippen molar-refractivity contribution < 1.29 is 9.59 Å². The standard InChI is InChI=1S/C18H28N6O2/c1-20-17(26)11-6-8-13(9-7-11)22-16-14(15(19)25)10-21-18(24-16)23-12-4-2-3-5-12/h10-13H,2-9H2,1H3,(H2,19,25)(H,20,26)(H2,21,22,23,24). The molecule has 0 aromatic carbocycles. The highest BCUT2D eigenvalue weighted by molar-refractivity contribution is 5.97. The molecule has 0 radical (unpaired) electrons. The molecule has 0 spiro atoms. The number of nitrogens with zero attached hydrogens (tertiary/aromatic N) is 2. The van der Waals surface area contributed by atoms with E-state index in [-0.39, 0.29) is 17.9 Å². The number of nitrogens with one attached hydrogen (secondary N) is 3. The maximum atomic E-state index is 11.8. The molecule has 0 aliphatic heterocycles. The quantitative estimate of drug-likeness (QED) is 0.612. The molecular formula is C18H28N6O2. The Bertz CT molecular complexity index is 651. The summed E-state index contributed by atoms with van der Waals surface area (Å²) < 4.78 is 0. The van der Waals surface area contributed by atoms with E-state index in [1.807, 2.05) is 0 Å². The normalized spacial score (nSPS) is 23.4. The lowest BCUT2D eigenvalue weighted by atomic mass is 9.85. The van der Waals surface area contributed by atoms with Crippen molar-refractivity contribution in [3.63, 3.8) is 0 Å². The van der Waals surface area contributed by atoms with Gasteiger partial charge in [0, 0.05) is 31.2 Å². The first-order valence-corrected chi connectivity index (χ1v) is 9.48. The molecule has 1 aromatic heterocycles. The number of anilines is 2. The lowest BCUT2D eigenvalue weighted by Crippen LogP contribution is -2.34. The fraction of sp³-hybridized carbons (Fsp3) is 0.667. The van der Waals surface area contributed by atoms with Gasteiger partial charge in [-0.1, -0.05) is 12.8 Å². The van der Waals surface area contributed by atoms with E-state index in [1.165, 1.54) is 19.0 Å². The number of rotatable bonds is 6. The van der Waals surface area contributed by atoms with Crippen LogP contribution in [0.1, 0.15) is 61.7 Å². The van der Waals surface area contributed by atoms with Gasteiger partial charge in [-0.15, -0.1) is 0 Å².